The van der Waals surface area contributed by atoms with Crippen LogP contribution in [0.1, 0.15) is 46.1 Å². The smallest absolute Gasteiger partial charge is 0.326 e. The number of carboxylic acids is 2. The molecule has 194 valence electrons. The van der Waals surface area contributed by atoms with E-state index in [4.69, 9.17) is 11.5 Å². The highest BCUT2D eigenvalue weighted by molar-refractivity contribution is 5.91. The molecular weight excluding hydrogens is 452 g/mol. The van der Waals surface area contributed by atoms with Crippen LogP contribution >= 0.6 is 0 Å². The van der Waals surface area contributed by atoms with E-state index in [2.05, 4.69) is 17.2 Å². The van der Waals surface area contributed by atoms with Crippen LogP contribution in [-0.4, -0.2) is 57.6 Å². The largest absolute Gasteiger partial charge is 0.480 e. The van der Waals surface area contributed by atoms with Gasteiger partial charge in [-0.1, -0.05) is 70.2 Å². The molecule has 0 heterocycles. The number of aliphatic carboxylic acids is 2. The molecule has 0 aromatic heterocycles. The Bertz CT molecular complexity index is 918. The van der Waals surface area contributed by atoms with E-state index in [0.717, 1.165) is 5.56 Å². The van der Waals surface area contributed by atoms with Gasteiger partial charge in [0, 0.05) is 0 Å². The lowest BCUT2D eigenvalue weighted by atomic mass is 9.83. The van der Waals surface area contributed by atoms with Crippen molar-refractivity contribution < 1.29 is 29.4 Å². The van der Waals surface area contributed by atoms with Gasteiger partial charge in [0.25, 0.3) is 0 Å². The van der Waals surface area contributed by atoms with Gasteiger partial charge in [0.2, 0.25) is 11.8 Å². The van der Waals surface area contributed by atoms with Crippen LogP contribution in [0.2, 0.25) is 0 Å². The molecule has 0 spiro atoms. The summed E-state index contributed by atoms with van der Waals surface area (Å²) in [6.45, 7) is 10.6. The lowest BCUT2D eigenvalue weighted by Crippen LogP contribution is -2.60. The van der Waals surface area contributed by atoms with Crippen molar-refractivity contribution in [2.24, 2.45) is 23.3 Å². The fourth-order valence-corrected chi connectivity index (χ4v) is 3.68. The standard InChI is InChI=1S/C25H38N4O6/c1-14(2)19(22(31)32)28-21(30)18(26)11-16(5)12-25(27,13-17-9-7-6-8-10-17)24(35)29-20(15(3)4)23(33)34/h6-10,14-15,18-20H,5,11-13,26-27H2,1-4H3,(H,28,30)(H,29,35)(H,31,32)(H,33,34)/t18-,19+,20+,25-/m1/s1. The van der Waals surface area contributed by atoms with Crippen molar-refractivity contribution in [2.75, 3.05) is 0 Å². The van der Waals surface area contributed by atoms with Gasteiger partial charge in [-0.25, -0.2) is 9.59 Å². The Labute approximate surface area is 206 Å². The fourth-order valence-electron chi connectivity index (χ4n) is 3.68. The molecule has 10 heteroatoms. The van der Waals surface area contributed by atoms with Gasteiger partial charge >= 0.3 is 11.9 Å². The number of hydrogen-bond acceptors (Lipinski definition) is 6. The molecule has 10 nitrogen and oxygen atoms in total. The number of carbonyl (C=O) groups excluding carboxylic acids is 2. The minimum Gasteiger partial charge on any atom is -0.480 e. The van der Waals surface area contributed by atoms with Gasteiger partial charge in [0.1, 0.15) is 17.6 Å². The SMILES string of the molecule is C=C(C[C@@H](N)C(=O)N[C@H](C(=O)O)C(C)C)C[C@@](N)(Cc1ccccc1)C(=O)N[C@H](C(=O)O)C(C)C. The van der Waals surface area contributed by atoms with Gasteiger partial charge in [0.05, 0.1) is 6.04 Å². The Hall–Kier alpha value is -3.24. The molecule has 0 aliphatic heterocycles. The summed E-state index contributed by atoms with van der Waals surface area (Å²) in [4.78, 5) is 48.7. The number of hydrogen-bond donors (Lipinski definition) is 6. The number of amides is 2. The van der Waals surface area contributed by atoms with Gasteiger partial charge in [-0.2, -0.15) is 0 Å². The molecular formula is C25H38N4O6. The molecule has 0 saturated carbocycles. The van der Waals surface area contributed by atoms with Crippen LogP contribution in [0, 0.1) is 11.8 Å². The second-order valence-electron chi connectivity index (χ2n) is 9.66. The van der Waals surface area contributed by atoms with Crippen LogP contribution in [0.15, 0.2) is 42.5 Å². The molecule has 35 heavy (non-hydrogen) atoms. The third kappa shape index (κ3) is 9.14. The second-order valence-corrected chi connectivity index (χ2v) is 9.66. The third-order valence-electron chi connectivity index (χ3n) is 5.68. The van der Waals surface area contributed by atoms with E-state index < -0.39 is 47.4 Å². The Balaban J connectivity index is 3.04. The minimum absolute atomic E-state index is 0.0379. The number of carbonyl (C=O) groups is 4. The van der Waals surface area contributed by atoms with E-state index in [-0.39, 0.29) is 31.1 Å². The Kier molecular flexibility index (Phi) is 11.1. The van der Waals surface area contributed by atoms with E-state index in [9.17, 15) is 29.4 Å². The van der Waals surface area contributed by atoms with Crippen molar-refractivity contribution in [1.82, 2.24) is 10.6 Å². The van der Waals surface area contributed by atoms with Crippen LogP contribution in [0.25, 0.3) is 0 Å². The summed E-state index contributed by atoms with van der Waals surface area (Å²) in [6.07, 6.45) is -0.00545. The van der Waals surface area contributed by atoms with Crippen molar-refractivity contribution in [1.29, 1.82) is 0 Å². The Morgan fingerprint density at radius 2 is 1.43 bits per heavy atom. The lowest BCUT2D eigenvalue weighted by Gasteiger charge is -2.32. The van der Waals surface area contributed by atoms with Gasteiger partial charge in [-0.05, 0) is 36.7 Å². The van der Waals surface area contributed by atoms with Gasteiger partial charge < -0.3 is 32.3 Å². The van der Waals surface area contributed by atoms with Crippen molar-refractivity contribution in [3.05, 3.63) is 48.0 Å². The first-order chi connectivity index (χ1) is 16.2. The zero-order valence-electron chi connectivity index (χ0n) is 20.8. The quantitative estimate of drug-likeness (QED) is 0.209. The molecule has 0 fully saturated rings. The molecule has 8 N–H and O–H groups in total. The molecule has 2 amide bonds. The Morgan fingerprint density at radius 1 is 0.943 bits per heavy atom. The summed E-state index contributed by atoms with van der Waals surface area (Å²) in [5.41, 5.74) is 12.1. The molecule has 0 radical (unpaired) electrons. The summed E-state index contributed by atoms with van der Waals surface area (Å²) >= 11 is 0. The third-order valence-corrected chi connectivity index (χ3v) is 5.68. The molecule has 4 atom stereocenters. The Morgan fingerprint density at radius 3 is 1.89 bits per heavy atom. The van der Waals surface area contributed by atoms with E-state index in [1.807, 2.05) is 6.07 Å². The summed E-state index contributed by atoms with van der Waals surface area (Å²) in [7, 11) is 0. The second kappa shape index (κ2) is 13.0. The summed E-state index contributed by atoms with van der Waals surface area (Å²) < 4.78 is 0. The van der Waals surface area contributed by atoms with Crippen LogP contribution in [0.3, 0.4) is 0 Å². The molecule has 1 aromatic carbocycles. The van der Waals surface area contributed by atoms with Crippen molar-refractivity contribution in [3.63, 3.8) is 0 Å². The zero-order chi connectivity index (χ0) is 26.9. The maximum atomic E-state index is 13.2. The van der Waals surface area contributed by atoms with E-state index in [0.29, 0.717) is 5.57 Å². The molecule has 1 rings (SSSR count). The van der Waals surface area contributed by atoms with E-state index in [1.54, 1.807) is 52.0 Å². The van der Waals surface area contributed by atoms with Crippen LogP contribution in [0.4, 0.5) is 0 Å². The minimum atomic E-state index is -1.56. The van der Waals surface area contributed by atoms with Crippen molar-refractivity contribution >= 4 is 23.8 Å². The highest BCUT2D eigenvalue weighted by atomic mass is 16.4. The maximum absolute atomic E-state index is 13.2. The van der Waals surface area contributed by atoms with Crippen molar-refractivity contribution in [2.45, 2.75) is 70.6 Å². The normalized spacial score (nSPS) is 15.5. The first-order valence-corrected chi connectivity index (χ1v) is 11.5. The highest BCUT2D eigenvalue weighted by Crippen LogP contribution is 2.23. The first-order valence-electron chi connectivity index (χ1n) is 11.5. The summed E-state index contributed by atoms with van der Waals surface area (Å²) in [5.74, 6) is -4.38. The monoisotopic (exact) mass is 490 g/mol. The maximum Gasteiger partial charge on any atom is 0.326 e. The van der Waals surface area contributed by atoms with Crippen molar-refractivity contribution in [3.8, 4) is 0 Å². The van der Waals surface area contributed by atoms with E-state index >= 15 is 0 Å². The van der Waals surface area contributed by atoms with Gasteiger partial charge in [-0.15, -0.1) is 0 Å². The summed E-state index contributed by atoms with van der Waals surface area (Å²) in [5, 5.41) is 23.7. The number of benzene rings is 1. The molecule has 0 unspecified atom stereocenters. The number of nitrogens with two attached hydrogens (primary N) is 2. The average Bonchev–Trinajstić information content (AvgIpc) is 2.74. The van der Waals surface area contributed by atoms with Gasteiger partial charge in [-0.3, -0.25) is 9.59 Å². The molecule has 0 saturated heterocycles. The van der Waals surface area contributed by atoms with Crippen LogP contribution < -0.4 is 22.1 Å². The topological polar surface area (TPSA) is 185 Å². The number of rotatable bonds is 14. The molecule has 0 aliphatic carbocycles. The first kappa shape index (κ1) is 29.8. The number of nitrogens with one attached hydrogen (secondary N) is 2. The highest BCUT2D eigenvalue weighted by Gasteiger charge is 2.38. The number of carboxylic acid groups (broad SMARTS) is 2. The predicted molar refractivity (Wildman–Crippen MR) is 132 cm³/mol. The molecule has 0 aliphatic rings. The molecule has 1 aromatic rings. The predicted octanol–water partition coefficient (Wildman–Crippen LogP) is 1.04. The van der Waals surface area contributed by atoms with E-state index in [1.165, 1.54) is 0 Å². The lowest BCUT2D eigenvalue weighted by molar-refractivity contribution is -0.144. The van der Waals surface area contributed by atoms with Crippen LogP contribution in [-0.2, 0) is 25.6 Å². The van der Waals surface area contributed by atoms with Crippen LogP contribution in [0.5, 0.6) is 0 Å². The summed E-state index contributed by atoms with van der Waals surface area (Å²) in [6, 6.07) is 5.68. The zero-order valence-corrected chi connectivity index (χ0v) is 20.8. The average molecular weight is 491 g/mol. The fraction of sp³-hybridized carbons (Fsp3) is 0.520. The molecule has 0 bridgehead atoms. The van der Waals surface area contributed by atoms with Gasteiger partial charge in [0.15, 0.2) is 0 Å².